The number of non-ortho nitro benzene ring substituents is 1. The fraction of sp³-hybridized carbons (Fsp3) is 0.550. The minimum atomic E-state index is -0.952. The van der Waals surface area contributed by atoms with Gasteiger partial charge in [-0.15, -0.1) is 0 Å². The summed E-state index contributed by atoms with van der Waals surface area (Å²) in [5.41, 5.74) is -0.192. The van der Waals surface area contributed by atoms with E-state index in [1.54, 1.807) is 6.92 Å². The number of carbonyl (C=O) groups excluding carboxylic acids is 3. The summed E-state index contributed by atoms with van der Waals surface area (Å²) in [4.78, 5) is 51.5. The number of carbonyl (C=O) groups is 3. The van der Waals surface area contributed by atoms with Crippen LogP contribution in [0.4, 0.5) is 16.2 Å². The van der Waals surface area contributed by atoms with Gasteiger partial charge in [-0.3, -0.25) is 24.6 Å². The van der Waals surface area contributed by atoms with E-state index in [9.17, 15) is 24.5 Å². The standard InChI is InChI=1S/C20H27N5O5/c1-13(2)11-23-8-6-20(7-9-23)18(27)24(19(28)22-20)12-17(26)21-16-10-15(25(29)30)5-4-14(16)3/h4-5,10,13H,6-9,11-12H2,1-3H3,(H,21,26)(H,22,28). The molecule has 1 spiro atoms. The van der Waals surface area contributed by atoms with Crippen LogP contribution in [-0.4, -0.2) is 64.3 Å². The van der Waals surface area contributed by atoms with Crippen LogP contribution < -0.4 is 10.6 Å². The molecule has 3 rings (SSSR count). The predicted molar refractivity (Wildman–Crippen MR) is 110 cm³/mol. The number of piperidine rings is 1. The van der Waals surface area contributed by atoms with E-state index >= 15 is 0 Å². The van der Waals surface area contributed by atoms with E-state index in [4.69, 9.17) is 0 Å². The molecule has 1 aromatic carbocycles. The number of hydrogen-bond acceptors (Lipinski definition) is 6. The summed E-state index contributed by atoms with van der Waals surface area (Å²) in [7, 11) is 0. The molecule has 0 aromatic heterocycles. The van der Waals surface area contributed by atoms with Gasteiger partial charge in [0.1, 0.15) is 12.1 Å². The fourth-order valence-electron chi connectivity index (χ4n) is 3.98. The predicted octanol–water partition coefficient (Wildman–Crippen LogP) is 1.88. The van der Waals surface area contributed by atoms with E-state index in [0.717, 1.165) is 11.4 Å². The number of amides is 4. The normalized spacial score (nSPS) is 18.7. The zero-order valence-electron chi connectivity index (χ0n) is 17.4. The van der Waals surface area contributed by atoms with Gasteiger partial charge in [-0.05, 0) is 31.2 Å². The fourth-order valence-corrected chi connectivity index (χ4v) is 3.98. The Labute approximate surface area is 174 Å². The van der Waals surface area contributed by atoms with Crippen LogP contribution >= 0.6 is 0 Å². The number of nitrogens with zero attached hydrogens (tertiary/aromatic N) is 3. The van der Waals surface area contributed by atoms with Crippen molar-refractivity contribution >= 4 is 29.2 Å². The molecular formula is C20H27N5O5. The summed E-state index contributed by atoms with van der Waals surface area (Å²) in [6.07, 6.45) is 1.01. The van der Waals surface area contributed by atoms with Crippen molar-refractivity contribution in [2.75, 3.05) is 31.5 Å². The van der Waals surface area contributed by atoms with Gasteiger partial charge in [0.15, 0.2) is 0 Å². The van der Waals surface area contributed by atoms with Crippen molar-refractivity contribution in [1.82, 2.24) is 15.1 Å². The van der Waals surface area contributed by atoms with Crippen LogP contribution in [0.2, 0.25) is 0 Å². The van der Waals surface area contributed by atoms with Crippen LogP contribution in [0.5, 0.6) is 0 Å². The number of hydrogen-bond donors (Lipinski definition) is 2. The maximum atomic E-state index is 13.0. The van der Waals surface area contributed by atoms with Gasteiger partial charge >= 0.3 is 6.03 Å². The molecule has 30 heavy (non-hydrogen) atoms. The van der Waals surface area contributed by atoms with E-state index < -0.39 is 28.9 Å². The van der Waals surface area contributed by atoms with Crippen molar-refractivity contribution in [3.05, 3.63) is 33.9 Å². The lowest BCUT2D eigenvalue weighted by Crippen LogP contribution is -2.55. The molecule has 10 nitrogen and oxygen atoms in total. The zero-order chi connectivity index (χ0) is 22.1. The molecule has 4 amide bonds. The van der Waals surface area contributed by atoms with E-state index in [1.165, 1.54) is 18.2 Å². The molecule has 1 aromatic rings. The Morgan fingerprint density at radius 2 is 1.97 bits per heavy atom. The molecule has 2 N–H and O–H groups in total. The number of nitro groups is 1. The van der Waals surface area contributed by atoms with Gasteiger partial charge < -0.3 is 15.5 Å². The Balaban J connectivity index is 1.64. The quantitative estimate of drug-likeness (QED) is 0.414. The molecule has 2 aliphatic heterocycles. The molecule has 0 atom stereocenters. The third-order valence-corrected chi connectivity index (χ3v) is 5.59. The van der Waals surface area contributed by atoms with Crippen LogP contribution in [-0.2, 0) is 9.59 Å². The first-order valence-electron chi connectivity index (χ1n) is 10.0. The van der Waals surface area contributed by atoms with Crippen molar-refractivity contribution in [1.29, 1.82) is 0 Å². The van der Waals surface area contributed by atoms with E-state index in [2.05, 4.69) is 29.4 Å². The Kier molecular flexibility index (Phi) is 6.06. The third-order valence-electron chi connectivity index (χ3n) is 5.59. The first-order chi connectivity index (χ1) is 14.1. The van der Waals surface area contributed by atoms with E-state index in [1.807, 2.05) is 0 Å². The molecule has 2 saturated heterocycles. The van der Waals surface area contributed by atoms with E-state index in [0.29, 0.717) is 37.4 Å². The first-order valence-corrected chi connectivity index (χ1v) is 10.0. The summed E-state index contributed by atoms with van der Waals surface area (Å²) in [5.74, 6) is -0.454. The summed E-state index contributed by atoms with van der Waals surface area (Å²) < 4.78 is 0. The molecule has 0 bridgehead atoms. The monoisotopic (exact) mass is 417 g/mol. The topological polar surface area (TPSA) is 125 Å². The SMILES string of the molecule is Cc1ccc([N+](=O)[O-])cc1NC(=O)CN1C(=O)NC2(CCN(CC(C)C)CC2)C1=O. The molecule has 10 heteroatoms. The van der Waals surface area contributed by atoms with Gasteiger partial charge in [-0.2, -0.15) is 0 Å². The molecule has 0 radical (unpaired) electrons. The number of urea groups is 1. The molecule has 2 heterocycles. The number of rotatable bonds is 6. The largest absolute Gasteiger partial charge is 0.325 e. The number of anilines is 1. The average molecular weight is 417 g/mol. The Hall–Kier alpha value is -3.01. The van der Waals surface area contributed by atoms with Gasteiger partial charge in [0.2, 0.25) is 5.91 Å². The third kappa shape index (κ3) is 4.43. The van der Waals surface area contributed by atoms with Crippen LogP contribution in [0.3, 0.4) is 0 Å². The number of nitro benzene ring substituents is 1. The van der Waals surface area contributed by atoms with Gasteiger partial charge in [0, 0.05) is 31.8 Å². The van der Waals surface area contributed by atoms with Gasteiger partial charge in [0.25, 0.3) is 11.6 Å². The minimum Gasteiger partial charge on any atom is -0.324 e. The van der Waals surface area contributed by atoms with Crippen LogP contribution in [0.1, 0.15) is 32.3 Å². The zero-order valence-corrected chi connectivity index (χ0v) is 17.4. The lowest BCUT2D eigenvalue weighted by molar-refractivity contribution is -0.384. The van der Waals surface area contributed by atoms with Crippen molar-refractivity contribution in [2.45, 2.75) is 39.2 Å². The Bertz CT molecular complexity index is 876. The molecule has 162 valence electrons. The maximum Gasteiger partial charge on any atom is 0.325 e. The molecule has 2 fully saturated rings. The highest BCUT2D eigenvalue weighted by atomic mass is 16.6. The summed E-state index contributed by atoms with van der Waals surface area (Å²) in [6, 6.07) is 3.55. The van der Waals surface area contributed by atoms with Gasteiger partial charge in [-0.25, -0.2) is 4.79 Å². The number of imide groups is 1. The molecule has 0 unspecified atom stereocenters. The number of benzene rings is 1. The van der Waals surface area contributed by atoms with Crippen LogP contribution in [0.25, 0.3) is 0 Å². The minimum absolute atomic E-state index is 0.155. The number of nitrogens with one attached hydrogen (secondary N) is 2. The summed E-state index contributed by atoms with van der Waals surface area (Å²) >= 11 is 0. The lowest BCUT2D eigenvalue weighted by Gasteiger charge is -2.37. The van der Waals surface area contributed by atoms with Crippen molar-refractivity contribution in [3.8, 4) is 0 Å². The van der Waals surface area contributed by atoms with Gasteiger partial charge in [0.05, 0.1) is 10.6 Å². The molecule has 2 aliphatic rings. The highest BCUT2D eigenvalue weighted by Gasteiger charge is 2.52. The van der Waals surface area contributed by atoms with E-state index in [-0.39, 0.29) is 17.3 Å². The summed E-state index contributed by atoms with van der Waals surface area (Å²) in [6.45, 7) is 7.88. The van der Waals surface area contributed by atoms with Crippen LogP contribution in [0.15, 0.2) is 18.2 Å². The lowest BCUT2D eigenvalue weighted by atomic mass is 9.87. The number of likely N-dealkylation sites (tertiary alicyclic amines) is 1. The Morgan fingerprint density at radius 1 is 1.30 bits per heavy atom. The summed E-state index contributed by atoms with van der Waals surface area (Å²) in [5, 5.41) is 16.3. The number of aryl methyl sites for hydroxylation is 1. The Morgan fingerprint density at radius 3 is 2.57 bits per heavy atom. The molecular weight excluding hydrogens is 390 g/mol. The van der Waals surface area contributed by atoms with Gasteiger partial charge in [-0.1, -0.05) is 19.9 Å². The van der Waals surface area contributed by atoms with Crippen molar-refractivity contribution in [3.63, 3.8) is 0 Å². The maximum absolute atomic E-state index is 13.0. The molecule has 0 saturated carbocycles. The molecule has 0 aliphatic carbocycles. The highest BCUT2D eigenvalue weighted by molar-refractivity contribution is 6.10. The second kappa shape index (κ2) is 8.39. The van der Waals surface area contributed by atoms with Crippen molar-refractivity contribution < 1.29 is 19.3 Å². The average Bonchev–Trinajstić information content (AvgIpc) is 2.89. The first kappa shape index (κ1) is 21.7. The van der Waals surface area contributed by atoms with Crippen LogP contribution in [0, 0.1) is 23.0 Å². The highest BCUT2D eigenvalue weighted by Crippen LogP contribution is 2.30. The second-order valence-corrected chi connectivity index (χ2v) is 8.40. The van der Waals surface area contributed by atoms with Crippen molar-refractivity contribution in [2.24, 2.45) is 5.92 Å². The second-order valence-electron chi connectivity index (χ2n) is 8.40. The smallest absolute Gasteiger partial charge is 0.324 e.